The lowest BCUT2D eigenvalue weighted by Gasteiger charge is -2.39. The Bertz CT molecular complexity index is 1090. The number of nitrogens with zero attached hydrogens (tertiary/aromatic N) is 4. The highest BCUT2D eigenvalue weighted by molar-refractivity contribution is 8.12. The van der Waals surface area contributed by atoms with E-state index in [1.807, 2.05) is 6.07 Å². The van der Waals surface area contributed by atoms with E-state index in [1.165, 1.54) is 19.6 Å². The van der Waals surface area contributed by atoms with E-state index >= 15 is 0 Å². The molecule has 28 heavy (non-hydrogen) atoms. The first-order chi connectivity index (χ1) is 13.3. The van der Waals surface area contributed by atoms with Gasteiger partial charge in [-0.05, 0) is 38.0 Å². The zero-order chi connectivity index (χ0) is 20.0. The average molecular weight is 404 g/mol. The molecule has 0 amide bonds. The lowest BCUT2D eigenvalue weighted by atomic mass is 10.2. The second-order valence-corrected chi connectivity index (χ2v) is 10.7. The second-order valence-electron chi connectivity index (χ2n) is 7.30. The third kappa shape index (κ3) is 3.23. The Balaban J connectivity index is 1.84. The Morgan fingerprint density at radius 1 is 1.32 bits per heavy atom. The molecule has 150 valence electrons. The molecule has 0 radical (unpaired) electrons. The van der Waals surface area contributed by atoms with Crippen molar-refractivity contribution in [1.29, 1.82) is 0 Å². The van der Waals surface area contributed by atoms with Gasteiger partial charge in [-0.2, -0.15) is 4.21 Å². The highest BCUT2D eigenvalue weighted by Crippen LogP contribution is 2.38. The molecule has 0 bridgehead atoms. The van der Waals surface area contributed by atoms with Crippen LogP contribution >= 0.6 is 0 Å². The molecule has 3 heterocycles. The summed E-state index contributed by atoms with van der Waals surface area (Å²) in [6, 6.07) is 5.72. The summed E-state index contributed by atoms with van der Waals surface area (Å²) in [7, 11) is -2.66. The van der Waals surface area contributed by atoms with Gasteiger partial charge in [-0.25, -0.2) is 19.7 Å². The first kappa shape index (κ1) is 18.8. The number of fused-ring (bicyclic) bond motifs is 1. The van der Waals surface area contributed by atoms with Gasteiger partial charge >= 0.3 is 0 Å². The molecule has 0 saturated carbocycles. The van der Waals surface area contributed by atoms with Crippen molar-refractivity contribution < 1.29 is 8.76 Å². The molecule has 3 aromatic rings. The van der Waals surface area contributed by atoms with Gasteiger partial charge in [0, 0.05) is 25.9 Å². The molecule has 2 aromatic heterocycles. The van der Waals surface area contributed by atoms with Crippen LogP contribution in [0.5, 0.6) is 0 Å². The fourth-order valence-corrected chi connectivity index (χ4v) is 4.58. The molecule has 4 N–H and O–H groups in total. The van der Waals surface area contributed by atoms with Crippen LogP contribution in [0.3, 0.4) is 0 Å². The van der Waals surface area contributed by atoms with Crippen LogP contribution in [0, 0.1) is 0 Å². The zero-order valence-corrected chi connectivity index (χ0v) is 17.0. The van der Waals surface area contributed by atoms with Gasteiger partial charge in [-0.1, -0.05) is 0 Å². The maximum atomic E-state index is 13.0. The van der Waals surface area contributed by atoms with Crippen molar-refractivity contribution in [2.75, 3.05) is 30.1 Å². The van der Waals surface area contributed by atoms with Crippen molar-refractivity contribution in [3.05, 3.63) is 30.9 Å². The van der Waals surface area contributed by atoms with E-state index < -0.39 is 9.53 Å². The van der Waals surface area contributed by atoms with Gasteiger partial charge in [-0.3, -0.25) is 4.55 Å². The number of hydrogen-bond donors (Lipinski definition) is 4. The van der Waals surface area contributed by atoms with Crippen LogP contribution in [0.4, 0.5) is 17.2 Å². The van der Waals surface area contributed by atoms with Crippen molar-refractivity contribution in [2.45, 2.75) is 30.7 Å². The molecule has 1 aliphatic heterocycles. The zero-order valence-electron chi connectivity index (χ0n) is 16.1. The maximum Gasteiger partial charge on any atom is 0.182 e. The minimum atomic E-state index is -4.14. The van der Waals surface area contributed by atoms with Crippen LogP contribution in [0.15, 0.2) is 35.7 Å². The predicted octanol–water partition coefficient (Wildman–Crippen LogP) is 2.50. The normalized spacial score (nSPS) is 18.9. The Hall–Kier alpha value is -2.56. The van der Waals surface area contributed by atoms with E-state index in [-0.39, 0.29) is 0 Å². The summed E-state index contributed by atoms with van der Waals surface area (Å²) in [5, 5.41) is 3.33. The summed E-state index contributed by atoms with van der Waals surface area (Å²) in [6.45, 7) is 3.13. The third-order valence-corrected chi connectivity index (χ3v) is 7.67. The first-order valence-corrected chi connectivity index (χ1v) is 11.5. The van der Waals surface area contributed by atoms with Crippen molar-refractivity contribution in [1.82, 2.24) is 24.7 Å². The summed E-state index contributed by atoms with van der Waals surface area (Å²) in [4.78, 5) is 18.3. The molecule has 9 nitrogen and oxygen atoms in total. The number of imidazole rings is 1. The summed E-state index contributed by atoms with van der Waals surface area (Å²) < 4.78 is 26.2. The van der Waals surface area contributed by atoms with E-state index in [0.29, 0.717) is 33.6 Å². The van der Waals surface area contributed by atoms with Crippen LogP contribution in [0.2, 0.25) is 0 Å². The van der Waals surface area contributed by atoms with Gasteiger partial charge in [0.05, 0.1) is 22.6 Å². The van der Waals surface area contributed by atoms with E-state index in [1.54, 1.807) is 18.5 Å². The van der Waals surface area contributed by atoms with E-state index in [0.717, 1.165) is 25.1 Å². The molecule has 0 spiro atoms. The van der Waals surface area contributed by atoms with Gasteiger partial charge in [0.15, 0.2) is 11.5 Å². The largest absolute Gasteiger partial charge is 0.367 e. The number of rotatable bonds is 5. The molecule has 1 saturated heterocycles. The molecule has 10 heteroatoms. The summed E-state index contributed by atoms with van der Waals surface area (Å²) in [6.07, 6.45) is 6.55. The monoisotopic (exact) mass is 403 g/mol. The Morgan fingerprint density at radius 3 is 2.86 bits per heavy atom. The standard InChI is InChI=1S/C18H25N7O2S/c1-12-5-4-8-25(12)15-7-6-13(28(3,26,27)19-2)9-14(15)24-18-16-17(21-10-20-16)22-11-23-18/h6-7,9-12H,4-5,8H2,1-3H3,(H2,19,26,27)(H2,20,21,22,23,24). The second kappa shape index (κ2) is 6.50. The van der Waals surface area contributed by atoms with Gasteiger partial charge in [-0.15, -0.1) is 9.53 Å². The minimum absolute atomic E-state index is 0.313. The smallest absolute Gasteiger partial charge is 0.182 e. The van der Waals surface area contributed by atoms with Crippen molar-refractivity contribution in [3.8, 4) is 0 Å². The molecular weight excluding hydrogens is 378 g/mol. The first-order valence-electron chi connectivity index (χ1n) is 9.17. The van der Waals surface area contributed by atoms with E-state index in [9.17, 15) is 8.76 Å². The average Bonchev–Trinajstić information content (AvgIpc) is 3.31. The fraction of sp³-hybridized carbons (Fsp3) is 0.389. The number of aromatic amines is 1. The van der Waals surface area contributed by atoms with E-state index in [4.69, 9.17) is 0 Å². The van der Waals surface area contributed by atoms with Crippen molar-refractivity contribution in [3.63, 3.8) is 0 Å². The number of anilines is 3. The number of hydrogen-bond acceptors (Lipinski definition) is 6. The topological polar surface area (TPSA) is 119 Å². The molecule has 1 aliphatic rings. The third-order valence-electron chi connectivity index (χ3n) is 5.34. The lowest BCUT2D eigenvalue weighted by Crippen LogP contribution is -2.43. The van der Waals surface area contributed by atoms with Crippen LogP contribution in [-0.2, 0) is 9.53 Å². The van der Waals surface area contributed by atoms with Crippen LogP contribution < -0.4 is 14.9 Å². The predicted molar refractivity (Wildman–Crippen MR) is 111 cm³/mol. The van der Waals surface area contributed by atoms with Crippen LogP contribution in [-0.4, -0.2) is 54.6 Å². The molecule has 1 atom stereocenters. The quantitative estimate of drug-likeness (QED) is 0.517. The summed E-state index contributed by atoms with van der Waals surface area (Å²) in [5.74, 6) is 0.565. The fourth-order valence-electron chi connectivity index (χ4n) is 3.56. The minimum Gasteiger partial charge on any atom is -0.367 e. The molecule has 1 aromatic carbocycles. The maximum absolute atomic E-state index is 13.0. The molecule has 1 fully saturated rings. The SMILES string of the molecule is CNS(C)(=O)(O)c1ccc(N2CCCC2C)c(Nc2ncnc3nc[nH]c23)c1. The number of nitrogens with one attached hydrogen (secondary N) is 3. The van der Waals surface area contributed by atoms with Crippen LogP contribution in [0.1, 0.15) is 19.8 Å². The van der Waals surface area contributed by atoms with E-state index in [2.05, 4.69) is 41.8 Å². The Morgan fingerprint density at radius 2 is 2.14 bits per heavy atom. The highest BCUT2D eigenvalue weighted by Gasteiger charge is 2.27. The Kier molecular flexibility index (Phi) is 4.36. The number of aromatic nitrogens is 4. The molecule has 4 rings (SSSR count). The Labute approximate surface area is 163 Å². The summed E-state index contributed by atoms with van der Waals surface area (Å²) in [5.41, 5.74) is 2.92. The van der Waals surface area contributed by atoms with Crippen molar-refractivity contribution in [2.24, 2.45) is 0 Å². The highest BCUT2D eigenvalue weighted by atomic mass is 32.3. The van der Waals surface area contributed by atoms with Gasteiger partial charge in [0.2, 0.25) is 0 Å². The van der Waals surface area contributed by atoms with Gasteiger partial charge in [0.25, 0.3) is 0 Å². The lowest BCUT2D eigenvalue weighted by molar-refractivity contribution is 0.508. The van der Waals surface area contributed by atoms with Gasteiger partial charge in [0.1, 0.15) is 11.8 Å². The summed E-state index contributed by atoms with van der Waals surface area (Å²) >= 11 is 0. The molecule has 1 unspecified atom stereocenters. The molecular formula is C18H25N7O2S. The number of benzene rings is 1. The molecule has 0 aliphatic carbocycles. The van der Waals surface area contributed by atoms with Gasteiger partial charge < -0.3 is 15.2 Å². The van der Waals surface area contributed by atoms with Crippen molar-refractivity contribution >= 4 is 37.9 Å². The number of H-pyrrole nitrogens is 1. The van der Waals surface area contributed by atoms with Crippen LogP contribution in [0.25, 0.3) is 11.2 Å².